The van der Waals surface area contributed by atoms with E-state index in [1.54, 1.807) is 11.8 Å². The highest BCUT2D eigenvalue weighted by molar-refractivity contribution is 8.00. The highest BCUT2D eigenvalue weighted by atomic mass is 32.2. The second kappa shape index (κ2) is 7.99. The van der Waals surface area contributed by atoms with Crippen LogP contribution < -0.4 is 5.32 Å². The molecular formula is C14H17N3O2S2. The monoisotopic (exact) mass is 323 g/mol. The van der Waals surface area contributed by atoms with E-state index in [2.05, 4.69) is 27.6 Å². The lowest BCUT2D eigenvalue weighted by Gasteiger charge is -2.06. The normalized spacial score (nSPS) is 10.6. The van der Waals surface area contributed by atoms with Crippen molar-refractivity contribution < 1.29 is 9.53 Å². The number of hydrogen-bond acceptors (Lipinski definition) is 6. The molecule has 0 bridgehead atoms. The molecule has 0 aliphatic carbocycles. The molecule has 2 aromatic rings. The molecule has 5 nitrogen and oxygen atoms in total. The minimum atomic E-state index is -0.487. The van der Waals surface area contributed by atoms with Crippen molar-refractivity contribution in [1.82, 2.24) is 10.2 Å². The van der Waals surface area contributed by atoms with Crippen molar-refractivity contribution in [1.29, 1.82) is 0 Å². The molecule has 2 rings (SSSR count). The summed E-state index contributed by atoms with van der Waals surface area (Å²) in [5.41, 5.74) is 1.23. The van der Waals surface area contributed by atoms with E-state index in [9.17, 15) is 4.79 Å². The number of carbonyl (C=O) groups is 1. The molecule has 0 saturated carbocycles. The minimum Gasteiger partial charge on any atom is -0.449 e. The summed E-state index contributed by atoms with van der Waals surface area (Å²) < 4.78 is 5.85. The number of thioether (sulfide) groups is 1. The first-order valence-electron chi connectivity index (χ1n) is 6.57. The van der Waals surface area contributed by atoms with E-state index < -0.39 is 6.09 Å². The summed E-state index contributed by atoms with van der Waals surface area (Å²) in [6, 6.07) is 10.1. The number of ether oxygens (including phenoxy) is 1. The van der Waals surface area contributed by atoms with Gasteiger partial charge in [0, 0.05) is 5.75 Å². The molecule has 0 atom stereocenters. The number of nitrogens with zero attached hydrogens (tertiary/aromatic N) is 2. The predicted octanol–water partition coefficient (Wildman–Crippen LogP) is 4.03. The van der Waals surface area contributed by atoms with Crippen LogP contribution in [0.25, 0.3) is 0 Å². The molecule has 0 aliphatic rings. The Morgan fingerprint density at radius 2 is 2.10 bits per heavy atom. The van der Waals surface area contributed by atoms with Crippen LogP contribution in [-0.4, -0.2) is 22.9 Å². The average Bonchev–Trinajstić information content (AvgIpc) is 2.91. The van der Waals surface area contributed by atoms with Crippen LogP contribution >= 0.6 is 23.1 Å². The molecule has 0 aliphatic heterocycles. The van der Waals surface area contributed by atoms with E-state index >= 15 is 0 Å². The molecule has 112 valence electrons. The summed E-state index contributed by atoms with van der Waals surface area (Å²) in [4.78, 5) is 11.5. The SMILES string of the molecule is CC(C)COC(=O)Nc1nnc(SCc2ccccc2)s1. The summed E-state index contributed by atoms with van der Waals surface area (Å²) in [5.74, 6) is 1.13. The number of rotatable bonds is 6. The summed E-state index contributed by atoms with van der Waals surface area (Å²) in [5, 5.41) is 11.0. The van der Waals surface area contributed by atoms with E-state index in [0.717, 1.165) is 10.1 Å². The second-order valence-corrected chi connectivity index (χ2v) is 6.96. The summed E-state index contributed by atoms with van der Waals surface area (Å²) in [6.07, 6.45) is -0.487. The number of carbonyl (C=O) groups excluding carboxylic acids is 1. The van der Waals surface area contributed by atoms with Crippen molar-refractivity contribution in [2.45, 2.75) is 23.9 Å². The minimum absolute atomic E-state index is 0.308. The van der Waals surface area contributed by atoms with E-state index in [1.807, 2.05) is 32.0 Å². The van der Waals surface area contributed by atoms with Gasteiger partial charge in [-0.15, -0.1) is 10.2 Å². The number of anilines is 1. The van der Waals surface area contributed by atoms with Gasteiger partial charge >= 0.3 is 6.09 Å². The van der Waals surface area contributed by atoms with E-state index in [-0.39, 0.29) is 0 Å². The average molecular weight is 323 g/mol. The van der Waals surface area contributed by atoms with Gasteiger partial charge in [0.15, 0.2) is 4.34 Å². The van der Waals surface area contributed by atoms with Crippen LogP contribution in [-0.2, 0) is 10.5 Å². The quantitative estimate of drug-likeness (QED) is 0.642. The molecule has 21 heavy (non-hydrogen) atoms. The number of amides is 1. The maximum absolute atomic E-state index is 11.5. The lowest BCUT2D eigenvalue weighted by atomic mass is 10.2. The summed E-state index contributed by atoms with van der Waals surface area (Å²) >= 11 is 2.94. The smallest absolute Gasteiger partial charge is 0.413 e. The van der Waals surface area contributed by atoms with Gasteiger partial charge in [0.1, 0.15) is 0 Å². The molecule has 0 radical (unpaired) electrons. The van der Waals surface area contributed by atoms with Crippen molar-refractivity contribution in [3.63, 3.8) is 0 Å². The Morgan fingerprint density at radius 1 is 1.33 bits per heavy atom. The molecule has 0 unspecified atom stereocenters. The number of benzene rings is 1. The molecule has 0 spiro atoms. The van der Waals surface area contributed by atoms with Crippen LogP contribution in [0.3, 0.4) is 0 Å². The Labute approximate surface area is 132 Å². The molecule has 7 heteroatoms. The second-order valence-electron chi connectivity index (χ2n) is 4.76. The van der Waals surface area contributed by atoms with Crippen molar-refractivity contribution >= 4 is 34.3 Å². The number of aromatic nitrogens is 2. The van der Waals surface area contributed by atoms with Crippen LogP contribution in [0.15, 0.2) is 34.7 Å². The molecule has 0 saturated heterocycles. The maximum Gasteiger partial charge on any atom is 0.413 e. The van der Waals surface area contributed by atoms with Crippen LogP contribution in [0.1, 0.15) is 19.4 Å². The Bertz CT molecular complexity index is 573. The van der Waals surface area contributed by atoms with E-state index in [4.69, 9.17) is 4.74 Å². The van der Waals surface area contributed by atoms with Crippen LogP contribution in [0, 0.1) is 5.92 Å². The summed E-state index contributed by atoms with van der Waals surface area (Å²) in [7, 11) is 0. The van der Waals surface area contributed by atoms with Crippen molar-refractivity contribution in [2.24, 2.45) is 5.92 Å². The maximum atomic E-state index is 11.5. The van der Waals surface area contributed by atoms with Gasteiger partial charge < -0.3 is 4.74 Å². The first-order valence-corrected chi connectivity index (χ1v) is 8.37. The van der Waals surface area contributed by atoms with Gasteiger partial charge in [-0.05, 0) is 11.5 Å². The fourth-order valence-electron chi connectivity index (χ4n) is 1.40. The zero-order valence-electron chi connectivity index (χ0n) is 11.9. The predicted molar refractivity (Wildman–Crippen MR) is 85.7 cm³/mol. The highest BCUT2D eigenvalue weighted by Gasteiger charge is 2.10. The Balaban J connectivity index is 1.80. The zero-order valence-corrected chi connectivity index (χ0v) is 13.5. The van der Waals surface area contributed by atoms with Crippen molar-refractivity contribution in [2.75, 3.05) is 11.9 Å². The Kier molecular flexibility index (Phi) is 6.01. The molecule has 1 heterocycles. The number of hydrogen-bond donors (Lipinski definition) is 1. The van der Waals surface area contributed by atoms with E-state index in [1.165, 1.54) is 16.9 Å². The Hall–Kier alpha value is -1.60. The first-order chi connectivity index (χ1) is 10.1. The molecular weight excluding hydrogens is 306 g/mol. The van der Waals surface area contributed by atoms with Crippen molar-refractivity contribution in [3.8, 4) is 0 Å². The van der Waals surface area contributed by atoms with Gasteiger partial charge in [-0.1, -0.05) is 67.3 Å². The third-order valence-corrected chi connectivity index (χ3v) is 4.41. The fourth-order valence-corrected chi connectivity index (χ4v) is 3.10. The standard InChI is InChI=1S/C14H17N3O2S2/c1-10(2)8-19-13(18)15-12-16-17-14(21-12)20-9-11-6-4-3-5-7-11/h3-7,10H,8-9H2,1-2H3,(H,15,16,18). The molecule has 1 aromatic heterocycles. The molecule has 0 fully saturated rings. The topological polar surface area (TPSA) is 64.1 Å². The zero-order chi connectivity index (χ0) is 15.1. The third-order valence-electron chi connectivity index (χ3n) is 2.37. The largest absolute Gasteiger partial charge is 0.449 e. The van der Waals surface area contributed by atoms with Crippen molar-refractivity contribution in [3.05, 3.63) is 35.9 Å². The molecule has 1 amide bonds. The number of nitrogens with one attached hydrogen (secondary N) is 1. The van der Waals surface area contributed by atoms with Crippen LogP contribution in [0.4, 0.5) is 9.93 Å². The lowest BCUT2D eigenvalue weighted by Crippen LogP contribution is -2.16. The van der Waals surface area contributed by atoms with Gasteiger partial charge in [-0.25, -0.2) is 4.79 Å². The van der Waals surface area contributed by atoms with Crippen LogP contribution in [0.5, 0.6) is 0 Å². The van der Waals surface area contributed by atoms with Gasteiger partial charge in [0.25, 0.3) is 0 Å². The third kappa shape index (κ3) is 5.73. The van der Waals surface area contributed by atoms with Gasteiger partial charge in [-0.2, -0.15) is 0 Å². The van der Waals surface area contributed by atoms with E-state index in [0.29, 0.717) is 17.7 Å². The molecule has 1 aromatic carbocycles. The first kappa shape index (κ1) is 15.8. The highest BCUT2D eigenvalue weighted by Crippen LogP contribution is 2.28. The summed E-state index contributed by atoms with van der Waals surface area (Å²) in [6.45, 7) is 4.35. The lowest BCUT2D eigenvalue weighted by molar-refractivity contribution is 0.147. The van der Waals surface area contributed by atoms with Gasteiger partial charge in [0.2, 0.25) is 5.13 Å². The Morgan fingerprint density at radius 3 is 2.81 bits per heavy atom. The van der Waals surface area contributed by atoms with Gasteiger partial charge in [0.05, 0.1) is 6.61 Å². The fraction of sp³-hybridized carbons (Fsp3) is 0.357. The molecule has 1 N–H and O–H groups in total. The van der Waals surface area contributed by atoms with Crippen LogP contribution in [0.2, 0.25) is 0 Å². The van der Waals surface area contributed by atoms with Gasteiger partial charge in [-0.3, -0.25) is 5.32 Å².